The van der Waals surface area contributed by atoms with Gasteiger partial charge in [-0.1, -0.05) is 42.5 Å². The maximum absolute atomic E-state index is 10.4. The van der Waals surface area contributed by atoms with E-state index in [0.29, 0.717) is 23.7 Å². The van der Waals surface area contributed by atoms with Gasteiger partial charge in [0, 0.05) is 18.5 Å². The molecule has 3 heterocycles. The molecule has 0 aliphatic carbocycles. The van der Waals surface area contributed by atoms with Gasteiger partial charge in [0.25, 0.3) is 0 Å². The van der Waals surface area contributed by atoms with Gasteiger partial charge in [-0.15, -0.1) is 0 Å². The largest absolute Gasteiger partial charge is 0.385 e. The first-order chi connectivity index (χ1) is 14.6. The smallest absolute Gasteiger partial charge is 0.152 e. The third-order valence-corrected chi connectivity index (χ3v) is 5.98. The Labute approximate surface area is 176 Å². The molecule has 3 N–H and O–H groups in total. The van der Waals surface area contributed by atoms with Crippen LogP contribution in [0.15, 0.2) is 48.5 Å². The summed E-state index contributed by atoms with van der Waals surface area (Å²) in [5, 5.41) is 11.4. The molecule has 1 aliphatic heterocycles. The summed E-state index contributed by atoms with van der Waals surface area (Å²) in [6, 6.07) is 16.7. The number of aliphatic hydroxyl groups is 1. The van der Waals surface area contributed by atoms with Crippen molar-refractivity contribution in [2.45, 2.75) is 39.0 Å². The molecule has 0 bridgehead atoms. The van der Waals surface area contributed by atoms with Crippen molar-refractivity contribution in [2.75, 3.05) is 18.8 Å². The Bertz CT molecular complexity index is 1190. The SMILES string of the molecule is CC(O)c1nc2c(N)nc3ccccc3c2n1Cc1ccc(CN2CCCC2)cc1. The molecule has 6 heteroatoms. The van der Waals surface area contributed by atoms with Crippen molar-refractivity contribution in [3.05, 3.63) is 65.5 Å². The van der Waals surface area contributed by atoms with Crippen molar-refractivity contribution in [3.8, 4) is 0 Å². The number of pyridine rings is 1. The number of hydrogen-bond donors (Lipinski definition) is 2. The van der Waals surface area contributed by atoms with Crippen LogP contribution in [0, 0.1) is 0 Å². The summed E-state index contributed by atoms with van der Waals surface area (Å²) >= 11 is 0. The van der Waals surface area contributed by atoms with Gasteiger partial charge in [-0.25, -0.2) is 9.97 Å². The van der Waals surface area contributed by atoms with E-state index in [0.717, 1.165) is 23.0 Å². The second-order valence-corrected chi connectivity index (χ2v) is 8.24. The summed E-state index contributed by atoms with van der Waals surface area (Å²) in [4.78, 5) is 11.7. The van der Waals surface area contributed by atoms with E-state index in [9.17, 15) is 5.11 Å². The summed E-state index contributed by atoms with van der Waals surface area (Å²) in [6.45, 7) is 5.77. The average Bonchev–Trinajstić information content (AvgIpc) is 3.38. The van der Waals surface area contributed by atoms with Crippen LogP contribution in [0.2, 0.25) is 0 Å². The monoisotopic (exact) mass is 401 g/mol. The van der Waals surface area contributed by atoms with Gasteiger partial charge in [0.05, 0.1) is 11.0 Å². The second kappa shape index (κ2) is 7.70. The molecule has 1 fully saturated rings. The highest BCUT2D eigenvalue weighted by molar-refractivity contribution is 6.06. The van der Waals surface area contributed by atoms with E-state index < -0.39 is 6.10 Å². The second-order valence-electron chi connectivity index (χ2n) is 8.24. The lowest BCUT2D eigenvalue weighted by atomic mass is 10.1. The number of aliphatic hydroxyl groups excluding tert-OH is 1. The minimum Gasteiger partial charge on any atom is -0.385 e. The first kappa shape index (κ1) is 19.0. The van der Waals surface area contributed by atoms with Gasteiger partial charge in [-0.05, 0) is 50.0 Å². The molecule has 0 amide bonds. The normalized spacial score (nSPS) is 15.9. The Balaban J connectivity index is 1.55. The predicted molar refractivity (Wildman–Crippen MR) is 120 cm³/mol. The molecule has 1 saturated heterocycles. The van der Waals surface area contributed by atoms with E-state index in [1.807, 2.05) is 24.3 Å². The summed E-state index contributed by atoms with van der Waals surface area (Å²) in [6.07, 6.45) is 1.91. The van der Waals surface area contributed by atoms with Crippen LogP contribution in [0.5, 0.6) is 0 Å². The Morgan fingerprint density at radius 3 is 2.33 bits per heavy atom. The Morgan fingerprint density at radius 2 is 1.63 bits per heavy atom. The van der Waals surface area contributed by atoms with E-state index in [1.165, 1.54) is 37.1 Å². The van der Waals surface area contributed by atoms with Crippen molar-refractivity contribution in [2.24, 2.45) is 0 Å². The Morgan fingerprint density at radius 1 is 0.967 bits per heavy atom. The van der Waals surface area contributed by atoms with Gasteiger partial charge in [-0.2, -0.15) is 0 Å². The number of imidazole rings is 1. The van der Waals surface area contributed by atoms with E-state index in [2.05, 4.69) is 43.7 Å². The number of anilines is 1. The molecule has 30 heavy (non-hydrogen) atoms. The van der Waals surface area contributed by atoms with Gasteiger partial charge >= 0.3 is 0 Å². The number of rotatable bonds is 5. The molecule has 5 rings (SSSR count). The highest BCUT2D eigenvalue weighted by Gasteiger charge is 2.20. The van der Waals surface area contributed by atoms with E-state index >= 15 is 0 Å². The lowest BCUT2D eigenvalue weighted by molar-refractivity contribution is 0.185. The Hall–Kier alpha value is -2.96. The van der Waals surface area contributed by atoms with Crippen molar-refractivity contribution >= 4 is 27.8 Å². The molecule has 154 valence electrons. The van der Waals surface area contributed by atoms with Crippen LogP contribution in [0.4, 0.5) is 5.82 Å². The molecule has 0 saturated carbocycles. The number of fused-ring (bicyclic) bond motifs is 3. The van der Waals surface area contributed by atoms with Crippen molar-refractivity contribution in [3.63, 3.8) is 0 Å². The molecule has 1 aliphatic rings. The van der Waals surface area contributed by atoms with Gasteiger partial charge in [0.2, 0.25) is 0 Å². The molecule has 1 atom stereocenters. The van der Waals surface area contributed by atoms with Crippen LogP contribution < -0.4 is 5.73 Å². The first-order valence-corrected chi connectivity index (χ1v) is 10.6. The zero-order chi connectivity index (χ0) is 20.7. The number of para-hydroxylation sites is 1. The Kier molecular flexibility index (Phi) is 4.89. The summed E-state index contributed by atoms with van der Waals surface area (Å²) in [5.41, 5.74) is 11.1. The van der Waals surface area contributed by atoms with Gasteiger partial charge in [-0.3, -0.25) is 4.90 Å². The number of benzene rings is 2. The molecular formula is C24H27N5O. The quantitative estimate of drug-likeness (QED) is 0.531. The highest BCUT2D eigenvalue weighted by Crippen LogP contribution is 2.31. The molecule has 0 radical (unpaired) electrons. The maximum Gasteiger partial charge on any atom is 0.152 e. The summed E-state index contributed by atoms with van der Waals surface area (Å²) in [7, 11) is 0. The number of nitrogen functional groups attached to an aromatic ring is 1. The van der Waals surface area contributed by atoms with Gasteiger partial charge in [0.15, 0.2) is 5.82 Å². The third kappa shape index (κ3) is 3.42. The van der Waals surface area contributed by atoms with Gasteiger partial charge < -0.3 is 15.4 Å². The van der Waals surface area contributed by atoms with Crippen LogP contribution in [-0.4, -0.2) is 37.6 Å². The van der Waals surface area contributed by atoms with Crippen LogP contribution in [0.3, 0.4) is 0 Å². The van der Waals surface area contributed by atoms with Crippen molar-refractivity contribution < 1.29 is 5.11 Å². The van der Waals surface area contributed by atoms with Crippen LogP contribution in [0.1, 0.15) is 42.8 Å². The fraction of sp³-hybridized carbons (Fsp3) is 0.333. The fourth-order valence-electron chi connectivity index (χ4n) is 4.49. The highest BCUT2D eigenvalue weighted by atomic mass is 16.3. The lowest BCUT2D eigenvalue weighted by Gasteiger charge is -2.15. The summed E-state index contributed by atoms with van der Waals surface area (Å²) in [5.74, 6) is 1.00. The van der Waals surface area contributed by atoms with E-state index in [4.69, 9.17) is 5.73 Å². The van der Waals surface area contributed by atoms with E-state index in [1.54, 1.807) is 6.92 Å². The number of aromatic nitrogens is 3. The van der Waals surface area contributed by atoms with Crippen LogP contribution in [0.25, 0.3) is 21.9 Å². The molecule has 2 aromatic carbocycles. The van der Waals surface area contributed by atoms with Crippen LogP contribution in [-0.2, 0) is 13.1 Å². The lowest BCUT2D eigenvalue weighted by Crippen LogP contribution is -2.18. The summed E-state index contributed by atoms with van der Waals surface area (Å²) < 4.78 is 2.08. The number of likely N-dealkylation sites (tertiary alicyclic amines) is 1. The minimum atomic E-state index is -0.704. The molecular weight excluding hydrogens is 374 g/mol. The molecule has 2 aromatic heterocycles. The topological polar surface area (TPSA) is 80.2 Å². The maximum atomic E-state index is 10.4. The van der Waals surface area contributed by atoms with Crippen LogP contribution >= 0.6 is 0 Å². The third-order valence-electron chi connectivity index (χ3n) is 5.98. The minimum absolute atomic E-state index is 0.394. The molecule has 1 unspecified atom stereocenters. The first-order valence-electron chi connectivity index (χ1n) is 10.6. The standard InChI is InChI=1S/C24H27N5O/c1-16(30)24-27-21-22(19-6-2-3-7-20(19)26-23(21)25)29(24)15-18-10-8-17(9-11-18)14-28-12-4-5-13-28/h2-3,6-11,16,30H,4-5,12-15H2,1H3,(H2,25,26). The molecule has 4 aromatic rings. The zero-order valence-corrected chi connectivity index (χ0v) is 17.3. The molecule has 6 nitrogen and oxygen atoms in total. The van der Waals surface area contributed by atoms with Crippen molar-refractivity contribution in [1.82, 2.24) is 19.4 Å². The van der Waals surface area contributed by atoms with E-state index in [-0.39, 0.29) is 0 Å². The van der Waals surface area contributed by atoms with Gasteiger partial charge in [0.1, 0.15) is 17.4 Å². The number of nitrogens with zero attached hydrogens (tertiary/aromatic N) is 4. The molecule has 0 spiro atoms. The predicted octanol–water partition coefficient (Wildman–Crippen LogP) is 3.86. The number of nitrogens with two attached hydrogens (primary N) is 1. The van der Waals surface area contributed by atoms with Crippen molar-refractivity contribution in [1.29, 1.82) is 0 Å². The number of hydrogen-bond acceptors (Lipinski definition) is 5. The average molecular weight is 402 g/mol. The fourth-order valence-corrected chi connectivity index (χ4v) is 4.49. The zero-order valence-electron chi connectivity index (χ0n) is 17.3.